The number of nitrogens with one attached hydrogen (secondary N) is 2. The highest BCUT2D eigenvalue weighted by molar-refractivity contribution is 7.15. The lowest BCUT2D eigenvalue weighted by Gasteiger charge is -2.04. The zero-order valence-corrected chi connectivity index (χ0v) is 10.7. The fourth-order valence-corrected chi connectivity index (χ4v) is 1.86. The van der Waals surface area contributed by atoms with E-state index in [2.05, 4.69) is 26.0 Å². The second-order valence-corrected chi connectivity index (χ2v) is 4.63. The molecule has 0 aliphatic heterocycles. The van der Waals surface area contributed by atoms with Gasteiger partial charge in [-0.05, 0) is 13.8 Å². The van der Waals surface area contributed by atoms with Crippen LogP contribution in [0, 0.1) is 13.8 Å². The molecule has 0 saturated carbocycles. The first kappa shape index (κ1) is 12.3. The predicted molar refractivity (Wildman–Crippen MR) is 66.2 cm³/mol. The number of rotatable bonds is 3. The molecule has 2 heterocycles. The minimum Gasteiger partial charge on any atom is -0.374 e. The van der Waals surface area contributed by atoms with Crippen molar-refractivity contribution < 1.29 is 9.32 Å². The molecule has 0 bridgehead atoms. The van der Waals surface area contributed by atoms with E-state index >= 15 is 0 Å². The summed E-state index contributed by atoms with van der Waals surface area (Å²) in [5, 5.41) is 17.5. The van der Waals surface area contributed by atoms with E-state index in [1.807, 2.05) is 0 Å². The number of nitrogen functional groups attached to an aromatic ring is 1. The zero-order valence-electron chi connectivity index (χ0n) is 9.85. The molecule has 0 atom stereocenters. The van der Waals surface area contributed by atoms with Crippen LogP contribution in [0.4, 0.5) is 15.6 Å². The van der Waals surface area contributed by atoms with Gasteiger partial charge in [0, 0.05) is 0 Å². The van der Waals surface area contributed by atoms with Gasteiger partial charge in [0.1, 0.15) is 16.4 Å². The summed E-state index contributed by atoms with van der Waals surface area (Å²) in [5.74, 6) is 0.558. The summed E-state index contributed by atoms with van der Waals surface area (Å²) in [6.07, 6.45) is 0. The van der Waals surface area contributed by atoms with E-state index in [9.17, 15) is 4.79 Å². The average Bonchev–Trinajstić information content (AvgIpc) is 2.87. The summed E-state index contributed by atoms with van der Waals surface area (Å²) >= 11 is 1.23. The number of aryl methyl sites for hydroxylation is 2. The van der Waals surface area contributed by atoms with Gasteiger partial charge in [-0.25, -0.2) is 4.79 Å². The highest BCUT2D eigenvalue weighted by Gasteiger charge is 2.12. The Labute approximate surface area is 107 Å². The van der Waals surface area contributed by atoms with Crippen LogP contribution in [0.3, 0.4) is 0 Å². The Kier molecular flexibility index (Phi) is 3.42. The Morgan fingerprint density at radius 1 is 1.44 bits per heavy atom. The molecule has 0 aliphatic rings. The van der Waals surface area contributed by atoms with Crippen molar-refractivity contribution in [1.29, 1.82) is 0 Å². The monoisotopic (exact) mass is 268 g/mol. The van der Waals surface area contributed by atoms with Gasteiger partial charge in [0.15, 0.2) is 5.76 Å². The molecule has 0 spiro atoms. The summed E-state index contributed by atoms with van der Waals surface area (Å²) < 4.78 is 4.93. The minimum absolute atomic E-state index is 0.268. The summed E-state index contributed by atoms with van der Waals surface area (Å²) in [7, 11) is 0. The molecule has 18 heavy (non-hydrogen) atoms. The summed E-state index contributed by atoms with van der Waals surface area (Å²) in [6.45, 7) is 3.74. The number of anilines is 2. The first-order valence-corrected chi connectivity index (χ1v) is 5.93. The number of aromatic nitrogens is 3. The third-order valence-corrected chi connectivity index (χ3v) is 2.91. The van der Waals surface area contributed by atoms with Gasteiger partial charge in [-0.3, -0.25) is 0 Å². The average molecular weight is 268 g/mol. The lowest BCUT2D eigenvalue weighted by atomic mass is 10.3. The summed E-state index contributed by atoms with van der Waals surface area (Å²) in [6, 6.07) is -0.363. The lowest BCUT2D eigenvalue weighted by molar-refractivity contribution is 0.251. The van der Waals surface area contributed by atoms with Crippen molar-refractivity contribution in [1.82, 2.24) is 20.7 Å². The van der Waals surface area contributed by atoms with Gasteiger partial charge in [-0.15, -0.1) is 10.2 Å². The largest absolute Gasteiger partial charge is 0.374 e. The summed E-state index contributed by atoms with van der Waals surface area (Å²) in [4.78, 5) is 11.6. The van der Waals surface area contributed by atoms with Crippen LogP contribution in [0.1, 0.15) is 16.5 Å². The molecule has 8 nitrogen and oxygen atoms in total. The molecule has 0 aliphatic carbocycles. The molecule has 9 heteroatoms. The van der Waals surface area contributed by atoms with Gasteiger partial charge >= 0.3 is 6.03 Å². The van der Waals surface area contributed by atoms with Crippen LogP contribution >= 0.6 is 11.3 Å². The smallest absolute Gasteiger partial charge is 0.319 e. The Morgan fingerprint density at radius 3 is 2.78 bits per heavy atom. The van der Waals surface area contributed by atoms with E-state index < -0.39 is 0 Å². The third kappa shape index (κ3) is 2.74. The second-order valence-electron chi connectivity index (χ2n) is 3.54. The van der Waals surface area contributed by atoms with Crippen molar-refractivity contribution >= 4 is 28.2 Å². The van der Waals surface area contributed by atoms with E-state index in [0.717, 1.165) is 0 Å². The highest BCUT2D eigenvalue weighted by Crippen LogP contribution is 2.18. The van der Waals surface area contributed by atoms with E-state index in [4.69, 9.17) is 10.3 Å². The number of nitrogens with two attached hydrogens (primary N) is 1. The van der Waals surface area contributed by atoms with Crippen molar-refractivity contribution in [2.45, 2.75) is 20.4 Å². The minimum atomic E-state index is -0.363. The topological polar surface area (TPSA) is 119 Å². The molecule has 2 aromatic rings. The second kappa shape index (κ2) is 5.00. The molecule has 0 radical (unpaired) electrons. The first-order valence-electron chi connectivity index (χ1n) is 5.12. The molecule has 0 fully saturated rings. The van der Waals surface area contributed by atoms with Crippen LogP contribution in [-0.2, 0) is 6.54 Å². The number of nitrogens with zero attached hydrogens (tertiary/aromatic N) is 3. The van der Waals surface area contributed by atoms with Gasteiger partial charge in [-0.2, -0.15) is 0 Å². The molecule has 96 valence electrons. The van der Waals surface area contributed by atoms with E-state index in [1.54, 1.807) is 13.8 Å². The van der Waals surface area contributed by atoms with Gasteiger partial charge in [0.2, 0.25) is 5.13 Å². The van der Waals surface area contributed by atoms with Gasteiger partial charge in [0.25, 0.3) is 0 Å². The fourth-order valence-electron chi connectivity index (χ4n) is 1.31. The van der Waals surface area contributed by atoms with Crippen molar-refractivity contribution in [3.8, 4) is 0 Å². The lowest BCUT2D eigenvalue weighted by Crippen LogP contribution is -2.28. The SMILES string of the molecule is Cc1noc(C)c1NC(=O)NCc1nnc(N)s1. The molecule has 2 amide bonds. The van der Waals surface area contributed by atoms with Gasteiger partial charge < -0.3 is 20.9 Å². The highest BCUT2D eigenvalue weighted by atomic mass is 32.1. The Bertz CT molecular complexity index is 544. The van der Waals surface area contributed by atoms with E-state index in [0.29, 0.717) is 27.3 Å². The maximum Gasteiger partial charge on any atom is 0.319 e. The van der Waals surface area contributed by atoms with Crippen molar-refractivity contribution in [2.24, 2.45) is 0 Å². The molecule has 2 aromatic heterocycles. The standard InChI is InChI=1S/C9H12N6O2S/c1-4-7(5(2)17-15-4)12-9(16)11-3-6-13-14-8(10)18-6/h3H2,1-2H3,(H2,10,14)(H2,11,12,16). The number of hydrogen-bond acceptors (Lipinski definition) is 7. The van der Waals surface area contributed by atoms with Crippen LogP contribution < -0.4 is 16.4 Å². The fraction of sp³-hybridized carbons (Fsp3) is 0.333. The number of urea groups is 1. The number of carbonyl (C=O) groups is 1. The van der Waals surface area contributed by atoms with Crippen LogP contribution in [0.5, 0.6) is 0 Å². The van der Waals surface area contributed by atoms with Crippen LogP contribution in [0.15, 0.2) is 4.52 Å². The van der Waals surface area contributed by atoms with E-state index in [-0.39, 0.29) is 12.6 Å². The van der Waals surface area contributed by atoms with Gasteiger partial charge in [-0.1, -0.05) is 16.5 Å². The maximum absolute atomic E-state index is 11.6. The van der Waals surface area contributed by atoms with Crippen molar-refractivity contribution in [3.05, 3.63) is 16.5 Å². The van der Waals surface area contributed by atoms with Crippen LogP contribution in [0.2, 0.25) is 0 Å². The Morgan fingerprint density at radius 2 is 2.22 bits per heavy atom. The quantitative estimate of drug-likeness (QED) is 0.765. The normalized spacial score (nSPS) is 10.3. The molecule has 0 aromatic carbocycles. The Balaban J connectivity index is 1.89. The molecular weight excluding hydrogens is 256 g/mol. The first-order chi connectivity index (χ1) is 8.56. The predicted octanol–water partition coefficient (Wildman–Crippen LogP) is 1.05. The molecular formula is C9H12N6O2S. The number of carbonyl (C=O) groups excluding carboxylic acids is 1. The molecule has 4 N–H and O–H groups in total. The van der Waals surface area contributed by atoms with E-state index in [1.165, 1.54) is 11.3 Å². The number of hydrogen-bond donors (Lipinski definition) is 3. The molecule has 0 saturated heterocycles. The van der Waals surface area contributed by atoms with Crippen LogP contribution in [-0.4, -0.2) is 21.4 Å². The summed E-state index contributed by atoms with van der Waals surface area (Å²) in [5.41, 5.74) is 6.63. The van der Waals surface area contributed by atoms with Crippen LogP contribution in [0.25, 0.3) is 0 Å². The van der Waals surface area contributed by atoms with Crippen molar-refractivity contribution in [3.63, 3.8) is 0 Å². The molecule has 2 rings (SSSR count). The maximum atomic E-state index is 11.6. The van der Waals surface area contributed by atoms with Crippen molar-refractivity contribution in [2.75, 3.05) is 11.1 Å². The zero-order chi connectivity index (χ0) is 13.1. The molecule has 0 unspecified atom stereocenters. The van der Waals surface area contributed by atoms with Gasteiger partial charge in [0.05, 0.1) is 6.54 Å². The Hall–Kier alpha value is -2.16. The third-order valence-electron chi connectivity index (χ3n) is 2.15. The number of amides is 2.